The van der Waals surface area contributed by atoms with Crippen LogP contribution >= 0.6 is 31.9 Å². The van der Waals surface area contributed by atoms with E-state index in [2.05, 4.69) is 43.2 Å². The first-order valence-electron chi connectivity index (χ1n) is 5.47. The summed E-state index contributed by atoms with van der Waals surface area (Å²) in [7, 11) is 0. The van der Waals surface area contributed by atoms with Gasteiger partial charge in [-0.05, 0) is 40.2 Å². The third-order valence-corrected chi connectivity index (χ3v) is 3.95. The van der Waals surface area contributed by atoms with E-state index in [1.165, 1.54) is 12.1 Å². The van der Waals surface area contributed by atoms with Crippen LogP contribution in [0.4, 0.5) is 10.1 Å². The number of halogens is 3. The van der Waals surface area contributed by atoms with Gasteiger partial charge in [-0.3, -0.25) is 0 Å². The molecule has 96 valence electrons. The van der Waals surface area contributed by atoms with E-state index < -0.39 is 6.04 Å². The van der Waals surface area contributed by atoms with E-state index in [-0.39, 0.29) is 5.82 Å². The molecule has 1 atom stereocenters. The summed E-state index contributed by atoms with van der Waals surface area (Å²) in [4.78, 5) is 0. The van der Waals surface area contributed by atoms with E-state index in [9.17, 15) is 9.65 Å². The minimum Gasteiger partial charge on any atom is -0.365 e. The quantitative estimate of drug-likeness (QED) is 0.806. The lowest BCUT2D eigenvalue weighted by atomic mass is 10.1. The monoisotopic (exact) mass is 382 g/mol. The molecule has 0 heterocycles. The Morgan fingerprint density at radius 2 is 1.84 bits per heavy atom. The first-order valence-corrected chi connectivity index (χ1v) is 7.06. The predicted molar refractivity (Wildman–Crippen MR) is 80.2 cm³/mol. The number of nitriles is 1. The number of rotatable bonds is 3. The Bertz CT molecular complexity index is 638. The van der Waals surface area contributed by atoms with Crippen LogP contribution in [0.15, 0.2) is 51.4 Å². The molecule has 2 aromatic carbocycles. The zero-order chi connectivity index (χ0) is 13.8. The Balaban J connectivity index is 2.31. The fourth-order valence-electron chi connectivity index (χ4n) is 1.65. The molecule has 0 aromatic heterocycles. The predicted octanol–water partition coefficient (Wildman–Crippen LogP) is 5.03. The number of anilines is 1. The van der Waals surface area contributed by atoms with Gasteiger partial charge in [0.2, 0.25) is 0 Å². The van der Waals surface area contributed by atoms with E-state index in [0.717, 1.165) is 10.2 Å². The third kappa shape index (κ3) is 3.34. The summed E-state index contributed by atoms with van der Waals surface area (Å²) in [6.07, 6.45) is 0. The highest BCUT2D eigenvalue weighted by Gasteiger charge is 2.15. The molecule has 0 saturated carbocycles. The molecule has 1 N–H and O–H groups in total. The first kappa shape index (κ1) is 14.0. The molecule has 2 aromatic rings. The Morgan fingerprint density at radius 1 is 1.11 bits per heavy atom. The number of para-hydroxylation sites is 1. The van der Waals surface area contributed by atoms with Gasteiger partial charge < -0.3 is 5.32 Å². The highest BCUT2D eigenvalue weighted by Crippen LogP contribution is 2.29. The molecule has 0 radical (unpaired) electrons. The highest BCUT2D eigenvalue weighted by molar-refractivity contribution is 9.11. The second-order valence-corrected chi connectivity index (χ2v) is 5.56. The van der Waals surface area contributed by atoms with Crippen LogP contribution in [0.3, 0.4) is 0 Å². The first-order chi connectivity index (χ1) is 9.11. The molecule has 1 unspecified atom stereocenters. The van der Waals surface area contributed by atoms with Crippen molar-refractivity contribution in [1.29, 1.82) is 5.26 Å². The SMILES string of the molecule is N#CC(Nc1ccccc1Br)c1ccc(F)cc1Br. The zero-order valence-electron chi connectivity index (χ0n) is 9.70. The van der Waals surface area contributed by atoms with Crippen LogP contribution in [0.1, 0.15) is 11.6 Å². The van der Waals surface area contributed by atoms with Crippen molar-refractivity contribution in [3.8, 4) is 6.07 Å². The van der Waals surface area contributed by atoms with E-state index in [1.54, 1.807) is 6.07 Å². The van der Waals surface area contributed by atoms with Crippen molar-refractivity contribution in [3.05, 3.63) is 62.8 Å². The van der Waals surface area contributed by atoms with Gasteiger partial charge in [0.05, 0.1) is 6.07 Å². The van der Waals surface area contributed by atoms with Crippen LogP contribution < -0.4 is 5.32 Å². The van der Waals surface area contributed by atoms with Crippen molar-refractivity contribution in [2.75, 3.05) is 5.32 Å². The molecule has 2 rings (SSSR count). The Labute approximate surface area is 127 Å². The molecule has 0 aliphatic rings. The lowest BCUT2D eigenvalue weighted by molar-refractivity contribution is 0.625. The van der Waals surface area contributed by atoms with Crippen molar-refractivity contribution in [1.82, 2.24) is 0 Å². The topological polar surface area (TPSA) is 35.8 Å². The van der Waals surface area contributed by atoms with Gasteiger partial charge in [-0.2, -0.15) is 5.26 Å². The van der Waals surface area contributed by atoms with Crippen molar-refractivity contribution in [2.24, 2.45) is 0 Å². The minimum atomic E-state index is -0.561. The highest BCUT2D eigenvalue weighted by atomic mass is 79.9. The van der Waals surface area contributed by atoms with E-state index in [4.69, 9.17) is 0 Å². The standard InChI is InChI=1S/C14H9Br2FN2/c15-11-3-1-2-4-13(11)19-14(8-18)10-6-5-9(17)7-12(10)16/h1-7,14,19H. The maximum Gasteiger partial charge on any atom is 0.141 e. The van der Waals surface area contributed by atoms with Crippen LogP contribution in [0.5, 0.6) is 0 Å². The molecule has 0 amide bonds. The van der Waals surface area contributed by atoms with Crippen LogP contribution in [0, 0.1) is 17.1 Å². The molecule has 0 aliphatic carbocycles. The van der Waals surface area contributed by atoms with Gasteiger partial charge in [-0.25, -0.2) is 4.39 Å². The van der Waals surface area contributed by atoms with Crippen molar-refractivity contribution >= 4 is 37.5 Å². The van der Waals surface area contributed by atoms with Crippen LogP contribution in [0.2, 0.25) is 0 Å². The smallest absolute Gasteiger partial charge is 0.141 e. The number of benzene rings is 2. The fourth-order valence-corrected chi connectivity index (χ4v) is 2.63. The number of nitrogens with zero attached hydrogens (tertiary/aromatic N) is 1. The maximum absolute atomic E-state index is 13.1. The molecule has 5 heteroatoms. The number of nitrogens with one attached hydrogen (secondary N) is 1. The molecule has 19 heavy (non-hydrogen) atoms. The van der Waals surface area contributed by atoms with Crippen LogP contribution in [-0.4, -0.2) is 0 Å². The molecular weight excluding hydrogens is 375 g/mol. The van der Waals surface area contributed by atoms with Gasteiger partial charge in [-0.1, -0.05) is 34.1 Å². The van der Waals surface area contributed by atoms with Gasteiger partial charge in [0.15, 0.2) is 0 Å². The number of hydrogen-bond acceptors (Lipinski definition) is 2. The molecule has 0 aliphatic heterocycles. The minimum absolute atomic E-state index is 0.340. The van der Waals surface area contributed by atoms with Gasteiger partial charge >= 0.3 is 0 Å². The Kier molecular flexibility index (Phi) is 4.56. The van der Waals surface area contributed by atoms with Crippen molar-refractivity contribution in [2.45, 2.75) is 6.04 Å². The molecule has 2 nitrogen and oxygen atoms in total. The molecule has 0 fully saturated rings. The fraction of sp³-hybridized carbons (Fsp3) is 0.0714. The molecule has 0 saturated heterocycles. The summed E-state index contributed by atoms with van der Waals surface area (Å²) >= 11 is 6.69. The molecular formula is C14H9Br2FN2. The van der Waals surface area contributed by atoms with E-state index in [0.29, 0.717) is 10.0 Å². The molecule has 0 spiro atoms. The van der Waals surface area contributed by atoms with Crippen molar-refractivity contribution in [3.63, 3.8) is 0 Å². The van der Waals surface area contributed by atoms with Crippen LogP contribution in [0.25, 0.3) is 0 Å². The van der Waals surface area contributed by atoms with Crippen molar-refractivity contribution < 1.29 is 4.39 Å². The van der Waals surface area contributed by atoms with Gasteiger partial charge in [0, 0.05) is 20.2 Å². The summed E-state index contributed by atoms with van der Waals surface area (Å²) in [5, 5.41) is 12.4. The lowest BCUT2D eigenvalue weighted by Crippen LogP contribution is -2.09. The average Bonchev–Trinajstić information content (AvgIpc) is 2.39. The normalized spacial score (nSPS) is 11.7. The third-order valence-electron chi connectivity index (χ3n) is 2.58. The van der Waals surface area contributed by atoms with Gasteiger partial charge in [-0.15, -0.1) is 0 Å². The van der Waals surface area contributed by atoms with Gasteiger partial charge in [0.25, 0.3) is 0 Å². The van der Waals surface area contributed by atoms with Gasteiger partial charge in [0.1, 0.15) is 11.9 Å². The van der Waals surface area contributed by atoms with E-state index in [1.807, 2.05) is 24.3 Å². The summed E-state index contributed by atoms with van der Waals surface area (Å²) in [6.45, 7) is 0. The Morgan fingerprint density at radius 3 is 2.47 bits per heavy atom. The lowest BCUT2D eigenvalue weighted by Gasteiger charge is -2.16. The second kappa shape index (κ2) is 6.18. The summed E-state index contributed by atoms with van der Waals surface area (Å²) in [6, 6.07) is 13.4. The summed E-state index contributed by atoms with van der Waals surface area (Å²) in [5.74, 6) is -0.340. The Hall–Kier alpha value is -1.38. The number of hydrogen-bond donors (Lipinski definition) is 1. The summed E-state index contributed by atoms with van der Waals surface area (Å²) < 4.78 is 14.5. The molecule has 0 bridgehead atoms. The zero-order valence-corrected chi connectivity index (χ0v) is 12.9. The largest absolute Gasteiger partial charge is 0.365 e. The average molecular weight is 384 g/mol. The van der Waals surface area contributed by atoms with Crippen LogP contribution in [-0.2, 0) is 0 Å². The summed E-state index contributed by atoms with van der Waals surface area (Å²) in [5.41, 5.74) is 1.50. The van der Waals surface area contributed by atoms with E-state index >= 15 is 0 Å². The maximum atomic E-state index is 13.1. The second-order valence-electron chi connectivity index (χ2n) is 3.85.